The maximum atomic E-state index is 13.1. The number of methoxy groups -OCH3 is 1. The van der Waals surface area contributed by atoms with Gasteiger partial charge in [-0.3, -0.25) is 9.62 Å². The molecule has 0 radical (unpaired) electrons. The highest BCUT2D eigenvalue weighted by molar-refractivity contribution is 7.92. The fourth-order valence-electron chi connectivity index (χ4n) is 4.60. The van der Waals surface area contributed by atoms with Gasteiger partial charge >= 0.3 is 0 Å². The van der Waals surface area contributed by atoms with Crippen LogP contribution in [0.1, 0.15) is 17.5 Å². The Morgan fingerprint density at radius 1 is 1.27 bits per heavy atom. The van der Waals surface area contributed by atoms with Crippen LogP contribution < -0.4 is 14.8 Å². The molecule has 2 N–H and O–H groups in total. The summed E-state index contributed by atoms with van der Waals surface area (Å²) in [4.78, 5) is 2.57. The van der Waals surface area contributed by atoms with Crippen molar-refractivity contribution in [3.63, 3.8) is 0 Å². The van der Waals surface area contributed by atoms with Crippen LogP contribution in [0.2, 0.25) is 0 Å². The molecule has 3 heterocycles. The van der Waals surface area contributed by atoms with Crippen molar-refractivity contribution >= 4 is 26.7 Å². The van der Waals surface area contributed by atoms with Crippen molar-refractivity contribution in [1.29, 1.82) is 0 Å². The Morgan fingerprint density at radius 2 is 2.13 bits per heavy atom. The smallest absolute Gasteiger partial charge is 0.265 e. The van der Waals surface area contributed by atoms with Gasteiger partial charge in [0.05, 0.1) is 19.1 Å². The van der Waals surface area contributed by atoms with E-state index in [-0.39, 0.29) is 4.90 Å². The van der Waals surface area contributed by atoms with E-state index >= 15 is 0 Å². The molecule has 2 atom stereocenters. The number of sulfonamides is 1. The molecule has 30 heavy (non-hydrogen) atoms. The highest BCUT2D eigenvalue weighted by Gasteiger charge is 2.37. The normalized spacial score (nSPS) is 21.4. The van der Waals surface area contributed by atoms with E-state index in [1.165, 1.54) is 13.5 Å². The molecule has 158 valence electrons. The number of ether oxygens (including phenoxy) is 1. The summed E-state index contributed by atoms with van der Waals surface area (Å²) in [6.45, 7) is 4.59. The van der Waals surface area contributed by atoms with Gasteiger partial charge in [-0.05, 0) is 49.2 Å². The minimum atomic E-state index is -3.81. The van der Waals surface area contributed by atoms with Gasteiger partial charge in [0.1, 0.15) is 16.2 Å². The van der Waals surface area contributed by atoms with Gasteiger partial charge in [0, 0.05) is 42.7 Å². The molecule has 2 saturated heterocycles. The zero-order valence-electron chi connectivity index (χ0n) is 17.0. The number of nitrogens with zero attached hydrogens (tertiary/aromatic N) is 1. The van der Waals surface area contributed by atoms with Crippen LogP contribution in [0.15, 0.2) is 52.0 Å². The summed E-state index contributed by atoms with van der Waals surface area (Å²) in [5.74, 6) is 0.318. The second-order valence-corrected chi connectivity index (χ2v) is 9.81. The average molecular weight is 428 g/mol. The number of likely N-dealkylation sites (tertiary alicyclic amines) is 1. The van der Waals surface area contributed by atoms with Crippen LogP contribution in [-0.4, -0.2) is 45.6 Å². The van der Waals surface area contributed by atoms with Crippen LogP contribution in [0.4, 0.5) is 5.69 Å². The minimum absolute atomic E-state index is 0.127. The second kappa shape index (κ2) is 7.30. The third-order valence-corrected chi connectivity index (χ3v) is 7.43. The number of hydrogen-bond acceptors (Lipinski definition) is 6. The van der Waals surface area contributed by atoms with Crippen molar-refractivity contribution in [3.05, 3.63) is 53.8 Å². The zero-order valence-corrected chi connectivity index (χ0v) is 17.8. The van der Waals surface area contributed by atoms with Crippen LogP contribution in [0.5, 0.6) is 5.75 Å². The van der Waals surface area contributed by atoms with E-state index in [0.29, 0.717) is 23.5 Å². The SMILES string of the molecule is COc1ccc(C)cc1S(=O)(=O)Nc1cc(CN2C[C@@H]3CC2CN3)c2occc2c1. The van der Waals surface area contributed by atoms with E-state index in [1.54, 1.807) is 24.5 Å². The van der Waals surface area contributed by atoms with Gasteiger partial charge in [-0.2, -0.15) is 0 Å². The lowest BCUT2D eigenvalue weighted by Crippen LogP contribution is -2.42. The maximum Gasteiger partial charge on any atom is 0.265 e. The first-order valence-corrected chi connectivity index (χ1v) is 11.6. The van der Waals surface area contributed by atoms with Crippen LogP contribution in [0, 0.1) is 6.92 Å². The molecule has 0 saturated carbocycles. The molecule has 1 unspecified atom stereocenters. The molecule has 7 nitrogen and oxygen atoms in total. The lowest BCUT2D eigenvalue weighted by atomic mass is 10.1. The van der Waals surface area contributed by atoms with Crippen molar-refractivity contribution in [1.82, 2.24) is 10.2 Å². The Labute approximate surface area is 176 Å². The first-order valence-electron chi connectivity index (χ1n) is 10.1. The van der Waals surface area contributed by atoms with Gasteiger partial charge in [0.25, 0.3) is 10.0 Å². The predicted molar refractivity (Wildman–Crippen MR) is 115 cm³/mol. The number of benzene rings is 2. The quantitative estimate of drug-likeness (QED) is 0.629. The van der Waals surface area contributed by atoms with Crippen molar-refractivity contribution in [3.8, 4) is 5.75 Å². The zero-order chi connectivity index (χ0) is 20.9. The van der Waals surface area contributed by atoms with Gasteiger partial charge in [-0.1, -0.05) is 6.07 Å². The summed E-state index contributed by atoms with van der Waals surface area (Å²) in [5.41, 5.74) is 3.16. The summed E-state index contributed by atoms with van der Waals surface area (Å²) < 4.78 is 40.0. The number of fused-ring (bicyclic) bond motifs is 3. The number of furan rings is 1. The number of aryl methyl sites for hydroxylation is 1. The van der Waals surface area contributed by atoms with E-state index in [2.05, 4.69) is 14.9 Å². The van der Waals surface area contributed by atoms with Gasteiger partial charge in [-0.15, -0.1) is 0 Å². The van der Waals surface area contributed by atoms with E-state index in [1.807, 2.05) is 25.1 Å². The number of anilines is 1. The van der Waals surface area contributed by atoms with Gasteiger partial charge in [0.2, 0.25) is 0 Å². The predicted octanol–water partition coefficient (Wildman–Crippen LogP) is 3.10. The number of hydrogen-bond donors (Lipinski definition) is 2. The van der Waals surface area contributed by atoms with E-state index < -0.39 is 10.0 Å². The Kier molecular flexibility index (Phi) is 4.72. The number of nitrogens with one attached hydrogen (secondary N) is 2. The maximum absolute atomic E-state index is 13.1. The molecule has 2 aliphatic rings. The van der Waals surface area contributed by atoms with E-state index in [0.717, 1.165) is 41.7 Å². The molecule has 5 rings (SSSR count). The third-order valence-electron chi connectivity index (χ3n) is 6.03. The summed E-state index contributed by atoms with van der Waals surface area (Å²) in [5, 5.41) is 4.39. The van der Waals surface area contributed by atoms with E-state index in [4.69, 9.17) is 9.15 Å². The van der Waals surface area contributed by atoms with Crippen molar-refractivity contribution < 1.29 is 17.6 Å². The monoisotopic (exact) mass is 427 g/mol. The molecule has 2 aliphatic heterocycles. The van der Waals surface area contributed by atoms with Crippen LogP contribution in [-0.2, 0) is 16.6 Å². The fourth-order valence-corrected chi connectivity index (χ4v) is 5.89. The highest BCUT2D eigenvalue weighted by Crippen LogP contribution is 2.32. The van der Waals surface area contributed by atoms with Gasteiger partial charge in [0.15, 0.2) is 0 Å². The lowest BCUT2D eigenvalue weighted by Gasteiger charge is -2.27. The first-order chi connectivity index (χ1) is 14.4. The molecule has 2 fully saturated rings. The Morgan fingerprint density at radius 3 is 2.87 bits per heavy atom. The minimum Gasteiger partial charge on any atom is -0.495 e. The highest BCUT2D eigenvalue weighted by atomic mass is 32.2. The summed E-state index contributed by atoms with van der Waals surface area (Å²) in [7, 11) is -2.34. The molecule has 3 aromatic rings. The number of rotatable bonds is 6. The molecular formula is C22H25N3O4S. The largest absolute Gasteiger partial charge is 0.495 e. The van der Waals surface area contributed by atoms with E-state index in [9.17, 15) is 8.42 Å². The molecule has 2 aromatic carbocycles. The van der Waals surface area contributed by atoms with Crippen molar-refractivity contribution in [2.24, 2.45) is 0 Å². The fraction of sp³-hybridized carbons (Fsp3) is 0.364. The van der Waals surface area contributed by atoms with Gasteiger partial charge < -0.3 is 14.5 Å². The summed E-state index contributed by atoms with van der Waals surface area (Å²) >= 11 is 0. The Hall–Kier alpha value is -2.55. The Bertz CT molecular complexity index is 1200. The first kappa shape index (κ1) is 19.4. The molecular weight excluding hydrogens is 402 g/mol. The molecule has 0 spiro atoms. The summed E-state index contributed by atoms with van der Waals surface area (Å²) in [6, 6.07) is 11.7. The van der Waals surface area contributed by atoms with Crippen molar-refractivity contribution in [2.45, 2.75) is 36.9 Å². The van der Waals surface area contributed by atoms with Crippen LogP contribution in [0.3, 0.4) is 0 Å². The Balaban J connectivity index is 1.48. The third kappa shape index (κ3) is 3.45. The number of piperazine rings is 1. The van der Waals surface area contributed by atoms with Crippen molar-refractivity contribution in [2.75, 3.05) is 24.9 Å². The standard InChI is InChI=1S/C22H25N3O4S/c1-14-3-4-20(28-2)21(7-14)30(26,27)24-17-8-15-5-6-29-22(15)16(9-17)12-25-13-18-10-19(25)11-23-18/h3-9,18-19,23-24H,10-13H2,1-2H3/t18-,19?/m0/s1. The summed E-state index contributed by atoms with van der Waals surface area (Å²) in [6.07, 6.45) is 2.81. The van der Waals surface area contributed by atoms with Crippen LogP contribution in [0.25, 0.3) is 11.0 Å². The average Bonchev–Trinajstić information content (AvgIpc) is 3.44. The topological polar surface area (TPSA) is 83.8 Å². The molecule has 0 aliphatic carbocycles. The van der Waals surface area contributed by atoms with Crippen LogP contribution >= 0.6 is 0 Å². The second-order valence-electron chi connectivity index (χ2n) is 8.16. The molecule has 0 amide bonds. The molecule has 2 bridgehead atoms. The van der Waals surface area contributed by atoms with Gasteiger partial charge in [-0.25, -0.2) is 8.42 Å². The molecule has 8 heteroatoms. The lowest BCUT2D eigenvalue weighted by molar-refractivity contribution is 0.218. The molecule has 1 aromatic heterocycles.